The number of aryl methyl sites for hydroxylation is 1. The second-order valence-corrected chi connectivity index (χ2v) is 7.17. The van der Waals surface area contributed by atoms with Crippen LogP contribution in [0.5, 0.6) is 0 Å². The van der Waals surface area contributed by atoms with E-state index >= 15 is 0 Å². The van der Waals surface area contributed by atoms with Crippen molar-refractivity contribution in [3.8, 4) is 5.69 Å². The average Bonchev–Trinajstić information content (AvgIpc) is 3.12. The van der Waals surface area contributed by atoms with Crippen LogP contribution in [0.3, 0.4) is 0 Å². The van der Waals surface area contributed by atoms with Gasteiger partial charge in [0.1, 0.15) is 0 Å². The van der Waals surface area contributed by atoms with Crippen LogP contribution in [0.1, 0.15) is 29.9 Å². The fraction of sp³-hybridized carbons (Fsp3) is 0.474. The number of carbonyl (C=O) groups is 2. The van der Waals surface area contributed by atoms with Crippen LogP contribution >= 0.6 is 0 Å². The van der Waals surface area contributed by atoms with Crippen LogP contribution in [0.15, 0.2) is 30.5 Å². The molecular formula is C19H26N6O2. The SMILES string of the molecule is Cc1ccc(-n2cc(C(=O)N3CCN(CC(=O)NC(C)C)CC3)nn2)cc1. The normalized spacial score (nSPS) is 15.2. The third-order valence-electron chi connectivity index (χ3n) is 4.49. The lowest BCUT2D eigenvalue weighted by Crippen LogP contribution is -2.51. The van der Waals surface area contributed by atoms with Gasteiger partial charge in [0.25, 0.3) is 5.91 Å². The molecule has 27 heavy (non-hydrogen) atoms. The highest BCUT2D eigenvalue weighted by atomic mass is 16.2. The summed E-state index contributed by atoms with van der Waals surface area (Å²) in [6.45, 7) is 8.76. The Kier molecular flexibility index (Phi) is 5.85. The molecule has 0 saturated carbocycles. The van der Waals surface area contributed by atoms with Crippen molar-refractivity contribution in [2.75, 3.05) is 32.7 Å². The molecule has 2 heterocycles. The topological polar surface area (TPSA) is 83.4 Å². The lowest BCUT2D eigenvalue weighted by atomic mass is 10.2. The Morgan fingerprint density at radius 2 is 1.78 bits per heavy atom. The van der Waals surface area contributed by atoms with E-state index in [-0.39, 0.29) is 17.9 Å². The van der Waals surface area contributed by atoms with E-state index in [1.165, 1.54) is 0 Å². The number of benzene rings is 1. The first kappa shape index (κ1) is 19.0. The number of hydrogen-bond donors (Lipinski definition) is 1. The maximum absolute atomic E-state index is 12.7. The molecule has 1 N–H and O–H groups in total. The minimum atomic E-state index is -0.125. The maximum atomic E-state index is 12.7. The molecular weight excluding hydrogens is 344 g/mol. The van der Waals surface area contributed by atoms with Crippen LogP contribution in [-0.2, 0) is 4.79 Å². The zero-order valence-electron chi connectivity index (χ0n) is 16.1. The van der Waals surface area contributed by atoms with Crippen molar-refractivity contribution in [3.05, 3.63) is 41.7 Å². The molecule has 1 aromatic heterocycles. The molecule has 2 aromatic rings. The number of carbonyl (C=O) groups excluding carboxylic acids is 2. The Morgan fingerprint density at radius 1 is 1.11 bits per heavy atom. The zero-order chi connectivity index (χ0) is 19.4. The van der Waals surface area contributed by atoms with Gasteiger partial charge in [0.2, 0.25) is 5.91 Å². The highest BCUT2D eigenvalue weighted by Gasteiger charge is 2.25. The molecule has 0 atom stereocenters. The fourth-order valence-electron chi connectivity index (χ4n) is 3.03. The van der Waals surface area contributed by atoms with E-state index in [1.807, 2.05) is 45.0 Å². The van der Waals surface area contributed by atoms with Gasteiger partial charge in [-0.15, -0.1) is 5.10 Å². The number of amides is 2. The number of nitrogens with one attached hydrogen (secondary N) is 1. The number of piperazine rings is 1. The molecule has 1 aromatic carbocycles. The molecule has 3 rings (SSSR count). The summed E-state index contributed by atoms with van der Waals surface area (Å²) in [7, 11) is 0. The van der Waals surface area contributed by atoms with Gasteiger partial charge in [-0.05, 0) is 32.9 Å². The summed E-state index contributed by atoms with van der Waals surface area (Å²) in [6.07, 6.45) is 1.66. The van der Waals surface area contributed by atoms with Crippen LogP contribution in [0.2, 0.25) is 0 Å². The highest BCUT2D eigenvalue weighted by molar-refractivity contribution is 5.92. The summed E-state index contributed by atoms with van der Waals surface area (Å²) >= 11 is 0. The summed E-state index contributed by atoms with van der Waals surface area (Å²) in [5, 5.41) is 11.0. The summed E-state index contributed by atoms with van der Waals surface area (Å²) < 4.78 is 1.61. The second kappa shape index (κ2) is 8.30. The molecule has 1 aliphatic rings. The van der Waals surface area contributed by atoms with E-state index in [1.54, 1.807) is 15.8 Å². The zero-order valence-corrected chi connectivity index (χ0v) is 16.1. The first-order valence-corrected chi connectivity index (χ1v) is 9.23. The Hall–Kier alpha value is -2.74. The molecule has 1 fully saturated rings. The molecule has 8 nitrogen and oxygen atoms in total. The van der Waals surface area contributed by atoms with Crippen molar-refractivity contribution < 1.29 is 9.59 Å². The van der Waals surface area contributed by atoms with E-state index in [4.69, 9.17) is 0 Å². The van der Waals surface area contributed by atoms with Gasteiger partial charge in [0.15, 0.2) is 5.69 Å². The van der Waals surface area contributed by atoms with Gasteiger partial charge >= 0.3 is 0 Å². The van der Waals surface area contributed by atoms with Crippen molar-refractivity contribution in [3.63, 3.8) is 0 Å². The lowest BCUT2D eigenvalue weighted by Gasteiger charge is -2.34. The van der Waals surface area contributed by atoms with Crippen LogP contribution in [0, 0.1) is 6.92 Å². The van der Waals surface area contributed by atoms with Crippen molar-refractivity contribution >= 4 is 11.8 Å². The fourth-order valence-corrected chi connectivity index (χ4v) is 3.03. The first-order valence-electron chi connectivity index (χ1n) is 9.23. The van der Waals surface area contributed by atoms with Crippen LogP contribution in [0.25, 0.3) is 5.69 Å². The van der Waals surface area contributed by atoms with Crippen LogP contribution in [-0.4, -0.2) is 75.4 Å². The number of hydrogen-bond acceptors (Lipinski definition) is 5. The third kappa shape index (κ3) is 4.91. The largest absolute Gasteiger partial charge is 0.353 e. The van der Waals surface area contributed by atoms with Gasteiger partial charge in [-0.2, -0.15) is 0 Å². The summed E-state index contributed by atoms with van der Waals surface area (Å²) in [5.41, 5.74) is 2.37. The molecule has 0 spiro atoms. The third-order valence-corrected chi connectivity index (χ3v) is 4.49. The molecule has 0 aliphatic carbocycles. The lowest BCUT2D eigenvalue weighted by molar-refractivity contribution is -0.123. The Morgan fingerprint density at radius 3 is 2.41 bits per heavy atom. The highest BCUT2D eigenvalue weighted by Crippen LogP contribution is 2.11. The van der Waals surface area contributed by atoms with Gasteiger partial charge in [-0.25, -0.2) is 4.68 Å². The van der Waals surface area contributed by atoms with Gasteiger partial charge in [0, 0.05) is 32.2 Å². The molecule has 8 heteroatoms. The number of rotatable bonds is 5. The van der Waals surface area contributed by atoms with E-state index in [0.29, 0.717) is 38.4 Å². The van der Waals surface area contributed by atoms with Gasteiger partial charge in [0.05, 0.1) is 18.4 Å². The summed E-state index contributed by atoms with van der Waals surface area (Å²) in [4.78, 5) is 28.4. The molecule has 0 bridgehead atoms. The Bertz CT molecular complexity index is 791. The molecule has 0 unspecified atom stereocenters. The van der Waals surface area contributed by atoms with Crippen molar-refractivity contribution in [2.45, 2.75) is 26.8 Å². The maximum Gasteiger partial charge on any atom is 0.276 e. The molecule has 1 aliphatic heterocycles. The monoisotopic (exact) mass is 370 g/mol. The summed E-state index contributed by atoms with van der Waals surface area (Å²) in [5.74, 6) is -0.106. The predicted molar refractivity (Wildman–Crippen MR) is 102 cm³/mol. The quantitative estimate of drug-likeness (QED) is 0.844. The molecule has 1 saturated heterocycles. The van der Waals surface area contributed by atoms with Gasteiger partial charge in [-0.1, -0.05) is 22.9 Å². The second-order valence-electron chi connectivity index (χ2n) is 7.17. The minimum absolute atomic E-state index is 0.0193. The van der Waals surface area contributed by atoms with Crippen molar-refractivity contribution in [1.82, 2.24) is 30.1 Å². The van der Waals surface area contributed by atoms with Crippen molar-refractivity contribution in [2.24, 2.45) is 0 Å². The van der Waals surface area contributed by atoms with Crippen molar-refractivity contribution in [1.29, 1.82) is 0 Å². The predicted octanol–water partition coefficient (Wildman–Crippen LogP) is 0.858. The number of aromatic nitrogens is 3. The van der Waals surface area contributed by atoms with Gasteiger partial charge < -0.3 is 10.2 Å². The van der Waals surface area contributed by atoms with Crippen LogP contribution < -0.4 is 5.32 Å². The first-order chi connectivity index (χ1) is 12.9. The van der Waals surface area contributed by atoms with E-state index < -0.39 is 0 Å². The smallest absolute Gasteiger partial charge is 0.276 e. The average molecular weight is 370 g/mol. The Balaban J connectivity index is 1.55. The van der Waals surface area contributed by atoms with Gasteiger partial charge in [-0.3, -0.25) is 14.5 Å². The standard InChI is InChI=1S/C19H26N6O2/c1-14(2)20-18(26)13-23-8-10-24(11-9-23)19(27)17-12-25(22-21-17)16-6-4-15(3)5-7-16/h4-7,12,14H,8-11,13H2,1-3H3,(H,20,26). The molecule has 2 amide bonds. The van der Waals surface area contributed by atoms with E-state index in [9.17, 15) is 9.59 Å². The van der Waals surface area contributed by atoms with Crippen LogP contribution in [0.4, 0.5) is 0 Å². The number of nitrogens with zero attached hydrogens (tertiary/aromatic N) is 5. The summed E-state index contributed by atoms with van der Waals surface area (Å²) in [6, 6.07) is 8.01. The minimum Gasteiger partial charge on any atom is -0.353 e. The molecule has 0 radical (unpaired) electrons. The Labute approximate surface area is 159 Å². The van der Waals surface area contributed by atoms with E-state index in [2.05, 4.69) is 20.5 Å². The van der Waals surface area contributed by atoms with E-state index in [0.717, 1.165) is 11.3 Å². The molecule has 144 valence electrons.